The Morgan fingerprint density at radius 3 is 2.56 bits per heavy atom. The minimum atomic E-state index is 0.257. The maximum atomic E-state index is 5.72. The topological polar surface area (TPSA) is 35.0 Å². The number of halogens is 2. The third kappa shape index (κ3) is 3.53. The van der Waals surface area contributed by atoms with E-state index < -0.39 is 0 Å². The Bertz CT molecular complexity index is 558. The third-order valence-corrected chi connectivity index (χ3v) is 3.12. The van der Waals surface area contributed by atoms with E-state index in [0.29, 0.717) is 5.88 Å². The zero-order chi connectivity index (χ0) is 13.1. The lowest BCUT2D eigenvalue weighted by Gasteiger charge is -2.09. The summed E-state index contributed by atoms with van der Waals surface area (Å²) >= 11 is 6.77. The van der Waals surface area contributed by atoms with Crippen LogP contribution >= 0.6 is 31.9 Å². The van der Waals surface area contributed by atoms with Gasteiger partial charge >= 0.3 is 0 Å². The Balaban J connectivity index is 2.29. The first-order valence-electron chi connectivity index (χ1n) is 5.52. The predicted octanol–water partition coefficient (Wildman–Crippen LogP) is 4.92. The van der Waals surface area contributed by atoms with Crippen LogP contribution in [0.4, 0.5) is 0 Å². The Morgan fingerprint density at radius 1 is 1.11 bits per heavy atom. The molecule has 94 valence electrons. The molecule has 0 amide bonds. The molecule has 3 nitrogen and oxygen atoms in total. The maximum absolute atomic E-state index is 5.72. The zero-order valence-corrected chi connectivity index (χ0v) is 13.2. The van der Waals surface area contributed by atoms with E-state index in [-0.39, 0.29) is 5.92 Å². The standard InChI is InChI=1S/C13H12Br2N2O/c1-8(2)13-16-11(15)7-12(17-13)18-10-5-3-4-9(14)6-10/h3-8H,1-2H3. The van der Waals surface area contributed by atoms with Crippen molar-refractivity contribution >= 4 is 31.9 Å². The molecule has 0 aliphatic rings. The quantitative estimate of drug-likeness (QED) is 0.718. The fourth-order valence-electron chi connectivity index (χ4n) is 1.38. The van der Waals surface area contributed by atoms with E-state index in [2.05, 4.69) is 41.8 Å². The molecule has 0 spiro atoms. The number of hydrogen-bond donors (Lipinski definition) is 0. The van der Waals surface area contributed by atoms with Gasteiger partial charge in [-0.2, -0.15) is 4.98 Å². The molecule has 2 rings (SSSR count). The molecule has 0 fully saturated rings. The first kappa shape index (κ1) is 13.5. The number of benzene rings is 1. The monoisotopic (exact) mass is 370 g/mol. The number of aromatic nitrogens is 2. The molecule has 0 atom stereocenters. The second-order valence-electron chi connectivity index (χ2n) is 4.10. The first-order valence-corrected chi connectivity index (χ1v) is 7.11. The molecule has 1 heterocycles. The average molecular weight is 372 g/mol. The normalized spacial score (nSPS) is 10.7. The summed E-state index contributed by atoms with van der Waals surface area (Å²) in [4.78, 5) is 8.69. The number of hydrogen-bond acceptors (Lipinski definition) is 3. The van der Waals surface area contributed by atoms with Crippen molar-refractivity contribution in [3.05, 3.63) is 45.2 Å². The summed E-state index contributed by atoms with van der Waals surface area (Å²) in [6, 6.07) is 9.40. The summed E-state index contributed by atoms with van der Waals surface area (Å²) in [5.74, 6) is 2.30. The van der Waals surface area contributed by atoms with Crippen LogP contribution in [-0.2, 0) is 0 Å². The summed E-state index contributed by atoms with van der Waals surface area (Å²) in [5.41, 5.74) is 0. The molecule has 5 heteroatoms. The molecule has 1 aromatic carbocycles. The van der Waals surface area contributed by atoms with E-state index in [1.54, 1.807) is 6.07 Å². The molecule has 18 heavy (non-hydrogen) atoms. The molecule has 0 aliphatic carbocycles. The Labute approximate surface area is 123 Å². The van der Waals surface area contributed by atoms with Crippen molar-refractivity contribution in [3.8, 4) is 11.6 Å². The summed E-state index contributed by atoms with van der Waals surface area (Å²) in [6.45, 7) is 4.09. The molecule has 0 bridgehead atoms. The Morgan fingerprint density at radius 2 is 1.89 bits per heavy atom. The van der Waals surface area contributed by atoms with Crippen LogP contribution in [0, 0.1) is 0 Å². The van der Waals surface area contributed by atoms with Gasteiger partial charge in [-0.1, -0.05) is 35.8 Å². The van der Waals surface area contributed by atoms with Gasteiger partial charge in [0, 0.05) is 16.5 Å². The van der Waals surface area contributed by atoms with Crippen molar-refractivity contribution < 1.29 is 4.74 Å². The van der Waals surface area contributed by atoms with Crippen LogP contribution < -0.4 is 4.74 Å². The van der Waals surface area contributed by atoms with Crippen molar-refractivity contribution in [2.45, 2.75) is 19.8 Å². The van der Waals surface area contributed by atoms with Gasteiger partial charge in [0.15, 0.2) is 0 Å². The first-order chi connectivity index (χ1) is 8.54. The second-order valence-corrected chi connectivity index (χ2v) is 5.83. The van der Waals surface area contributed by atoms with E-state index in [0.717, 1.165) is 20.6 Å². The molecule has 2 aromatic rings. The van der Waals surface area contributed by atoms with Crippen molar-refractivity contribution in [2.75, 3.05) is 0 Å². The summed E-state index contributed by atoms with van der Waals surface area (Å²) in [6.07, 6.45) is 0. The van der Waals surface area contributed by atoms with Crippen molar-refractivity contribution in [1.29, 1.82) is 0 Å². The van der Waals surface area contributed by atoms with Gasteiger partial charge in [-0.25, -0.2) is 4.98 Å². The molecule has 0 N–H and O–H groups in total. The van der Waals surface area contributed by atoms with Crippen molar-refractivity contribution in [1.82, 2.24) is 9.97 Å². The maximum Gasteiger partial charge on any atom is 0.223 e. The highest BCUT2D eigenvalue weighted by Gasteiger charge is 2.08. The van der Waals surface area contributed by atoms with Gasteiger partial charge in [0.05, 0.1) is 0 Å². The fraction of sp³-hybridized carbons (Fsp3) is 0.231. The van der Waals surface area contributed by atoms with E-state index in [4.69, 9.17) is 4.74 Å². The van der Waals surface area contributed by atoms with Crippen molar-refractivity contribution in [3.63, 3.8) is 0 Å². The number of ether oxygens (including phenoxy) is 1. The van der Waals surface area contributed by atoms with Crippen LogP contribution in [-0.4, -0.2) is 9.97 Å². The SMILES string of the molecule is CC(C)c1nc(Br)cc(Oc2cccc(Br)c2)n1. The van der Waals surface area contributed by atoms with E-state index in [1.807, 2.05) is 38.1 Å². The lowest BCUT2D eigenvalue weighted by Crippen LogP contribution is -1.99. The molecule has 0 radical (unpaired) electrons. The molecule has 1 aromatic heterocycles. The summed E-state index contributed by atoms with van der Waals surface area (Å²) < 4.78 is 7.42. The van der Waals surface area contributed by atoms with E-state index >= 15 is 0 Å². The third-order valence-electron chi connectivity index (χ3n) is 2.22. The highest BCUT2D eigenvalue weighted by molar-refractivity contribution is 9.10. The minimum Gasteiger partial charge on any atom is -0.439 e. The van der Waals surface area contributed by atoms with Crippen LogP contribution in [0.1, 0.15) is 25.6 Å². The zero-order valence-electron chi connectivity index (χ0n) is 10.0. The summed E-state index contributed by atoms with van der Waals surface area (Å²) in [5, 5.41) is 0. The highest BCUT2D eigenvalue weighted by atomic mass is 79.9. The van der Waals surface area contributed by atoms with Gasteiger partial charge in [-0.3, -0.25) is 0 Å². The largest absolute Gasteiger partial charge is 0.439 e. The predicted molar refractivity (Wildman–Crippen MR) is 78.0 cm³/mol. The smallest absolute Gasteiger partial charge is 0.223 e. The van der Waals surface area contributed by atoms with Gasteiger partial charge < -0.3 is 4.74 Å². The van der Waals surface area contributed by atoms with Gasteiger partial charge in [0.2, 0.25) is 5.88 Å². The Kier molecular flexibility index (Phi) is 4.35. The summed E-state index contributed by atoms with van der Waals surface area (Å²) in [7, 11) is 0. The van der Waals surface area contributed by atoms with Gasteiger partial charge in [0.25, 0.3) is 0 Å². The number of rotatable bonds is 3. The molecule has 0 saturated carbocycles. The molecule has 0 saturated heterocycles. The van der Waals surface area contributed by atoms with Crippen LogP contribution in [0.5, 0.6) is 11.6 Å². The van der Waals surface area contributed by atoms with Crippen molar-refractivity contribution in [2.24, 2.45) is 0 Å². The molecular formula is C13H12Br2N2O. The van der Waals surface area contributed by atoms with E-state index in [1.165, 1.54) is 0 Å². The van der Waals surface area contributed by atoms with Gasteiger partial charge in [-0.05, 0) is 34.1 Å². The Hall–Kier alpha value is -0.940. The molecule has 0 unspecified atom stereocenters. The lowest BCUT2D eigenvalue weighted by molar-refractivity contribution is 0.455. The van der Waals surface area contributed by atoms with Crippen LogP contribution in [0.2, 0.25) is 0 Å². The average Bonchev–Trinajstić information content (AvgIpc) is 2.28. The highest BCUT2D eigenvalue weighted by Crippen LogP contribution is 2.25. The minimum absolute atomic E-state index is 0.257. The lowest BCUT2D eigenvalue weighted by atomic mass is 10.2. The van der Waals surface area contributed by atoms with E-state index in [9.17, 15) is 0 Å². The fourth-order valence-corrected chi connectivity index (χ4v) is 2.13. The van der Waals surface area contributed by atoms with Gasteiger partial charge in [0.1, 0.15) is 16.2 Å². The molecular weight excluding hydrogens is 360 g/mol. The second kappa shape index (κ2) is 5.80. The van der Waals surface area contributed by atoms with Crippen LogP contribution in [0.15, 0.2) is 39.4 Å². The van der Waals surface area contributed by atoms with Gasteiger partial charge in [-0.15, -0.1) is 0 Å². The van der Waals surface area contributed by atoms with Crippen LogP contribution in [0.3, 0.4) is 0 Å². The number of nitrogens with zero attached hydrogens (tertiary/aromatic N) is 2. The van der Waals surface area contributed by atoms with Crippen LogP contribution in [0.25, 0.3) is 0 Å². The molecule has 0 aliphatic heterocycles.